The third-order valence-electron chi connectivity index (χ3n) is 8.12. The molecule has 0 saturated heterocycles. The lowest BCUT2D eigenvalue weighted by molar-refractivity contribution is 0.544. The zero-order valence-electron chi connectivity index (χ0n) is 22.2. The molecule has 0 aromatic heterocycles. The second kappa shape index (κ2) is 12.4. The van der Waals surface area contributed by atoms with E-state index in [-0.39, 0.29) is 0 Å². The van der Waals surface area contributed by atoms with E-state index in [0.29, 0.717) is 0 Å². The molecule has 36 heavy (non-hydrogen) atoms. The monoisotopic (exact) mass is 474 g/mol. The van der Waals surface area contributed by atoms with Crippen molar-refractivity contribution in [1.29, 1.82) is 0 Å². The van der Waals surface area contributed by atoms with Gasteiger partial charge in [-0.1, -0.05) is 156 Å². The summed E-state index contributed by atoms with van der Waals surface area (Å²) in [5.41, 5.74) is 1.49. The molecule has 0 N–H and O–H groups in total. The number of hydrogen-bond acceptors (Lipinski definition) is 0. The molecule has 5 aromatic rings. The Morgan fingerprint density at radius 1 is 0.389 bits per heavy atom. The third-order valence-corrected chi connectivity index (χ3v) is 8.12. The van der Waals surface area contributed by atoms with E-state index in [9.17, 15) is 0 Å². The number of unbranched alkanes of at least 4 members (excludes halogenated alkanes) is 11. The van der Waals surface area contributed by atoms with Crippen molar-refractivity contribution < 1.29 is 0 Å². The zero-order chi connectivity index (χ0) is 24.6. The highest BCUT2D eigenvalue weighted by molar-refractivity contribution is 6.22. The van der Waals surface area contributed by atoms with Crippen molar-refractivity contribution in [3.63, 3.8) is 0 Å². The van der Waals surface area contributed by atoms with Gasteiger partial charge in [0.1, 0.15) is 0 Å². The topological polar surface area (TPSA) is 0 Å². The predicted molar refractivity (Wildman–Crippen MR) is 161 cm³/mol. The lowest BCUT2D eigenvalue weighted by Crippen LogP contribution is -1.88. The standard InChI is InChI=1S/C36H42/c1-2-3-4-5-6-7-8-9-10-11-12-13-16-28-19-22-32-30(27-28)21-24-36-34(32)26-25-33-31-18-15-14-17-29(31)20-23-35(33)36/h14-15,17-27H,2-13,16H2,1H3. The molecule has 0 heteroatoms. The Hall–Kier alpha value is -2.86. The number of hydrogen-bond donors (Lipinski definition) is 0. The van der Waals surface area contributed by atoms with E-state index >= 15 is 0 Å². The summed E-state index contributed by atoms with van der Waals surface area (Å²) < 4.78 is 0. The van der Waals surface area contributed by atoms with Gasteiger partial charge in [-0.05, 0) is 61.5 Å². The molecule has 0 heterocycles. The average molecular weight is 475 g/mol. The van der Waals surface area contributed by atoms with Crippen LogP contribution in [0, 0.1) is 0 Å². The minimum Gasteiger partial charge on any atom is -0.0654 e. The first-order valence-electron chi connectivity index (χ1n) is 14.6. The van der Waals surface area contributed by atoms with Gasteiger partial charge in [-0.2, -0.15) is 0 Å². The maximum Gasteiger partial charge on any atom is -0.00987 e. The zero-order valence-corrected chi connectivity index (χ0v) is 22.2. The van der Waals surface area contributed by atoms with Gasteiger partial charge in [0.2, 0.25) is 0 Å². The van der Waals surface area contributed by atoms with Crippen LogP contribution in [-0.2, 0) is 6.42 Å². The van der Waals surface area contributed by atoms with Crippen LogP contribution in [0.1, 0.15) is 89.5 Å². The first kappa shape index (κ1) is 24.8. The van der Waals surface area contributed by atoms with Gasteiger partial charge in [-0.15, -0.1) is 0 Å². The first-order chi connectivity index (χ1) is 17.8. The Kier molecular flexibility index (Phi) is 8.55. The highest BCUT2D eigenvalue weighted by Gasteiger charge is 2.08. The fourth-order valence-electron chi connectivity index (χ4n) is 6.02. The number of aryl methyl sites for hydroxylation is 1. The molecule has 0 nitrogen and oxygen atoms in total. The van der Waals surface area contributed by atoms with Gasteiger partial charge in [0.15, 0.2) is 0 Å². The summed E-state index contributed by atoms with van der Waals surface area (Å²) in [4.78, 5) is 0. The molecule has 0 atom stereocenters. The molecule has 0 radical (unpaired) electrons. The average Bonchev–Trinajstić information content (AvgIpc) is 2.92. The number of fused-ring (bicyclic) bond motifs is 7. The van der Waals surface area contributed by atoms with Gasteiger partial charge in [0, 0.05) is 0 Å². The van der Waals surface area contributed by atoms with Crippen LogP contribution < -0.4 is 0 Å². The molecular weight excluding hydrogens is 432 g/mol. The van der Waals surface area contributed by atoms with Gasteiger partial charge in [-0.3, -0.25) is 0 Å². The van der Waals surface area contributed by atoms with Crippen LogP contribution >= 0.6 is 0 Å². The van der Waals surface area contributed by atoms with Crippen molar-refractivity contribution in [3.8, 4) is 0 Å². The quantitative estimate of drug-likeness (QED) is 0.118. The molecule has 0 spiro atoms. The largest absolute Gasteiger partial charge is 0.0654 e. The summed E-state index contributed by atoms with van der Waals surface area (Å²) in [6.07, 6.45) is 18.1. The minimum atomic E-state index is 1.20. The van der Waals surface area contributed by atoms with Crippen LogP contribution in [0.3, 0.4) is 0 Å². The van der Waals surface area contributed by atoms with Crippen LogP contribution in [0.4, 0.5) is 0 Å². The lowest BCUT2D eigenvalue weighted by atomic mass is 9.93. The minimum absolute atomic E-state index is 1.20. The first-order valence-corrected chi connectivity index (χ1v) is 14.6. The van der Waals surface area contributed by atoms with E-state index in [1.807, 2.05) is 0 Å². The maximum atomic E-state index is 2.43. The second-order valence-corrected chi connectivity index (χ2v) is 10.8. The summed E-state index contributed by atoms with van der Waals surface area (Å²) >= 11 is 0. The maximum absolute atomic E-state index is 2.43. The Morgan fingerprint density at radius 2 is 0.861 bits per heavy atom. The highest BCUT2D eigenvalue weighted by Crippen LogP contribution is 2.35. The van der Waals surface area contributed by atoms with E-state index < -0.39 is 0 Å². The van der Waals surface area contributed by atoms with E-state index in [0.717, 1.165) is 0 Å². The molecular formula is C36H42. The highest BCUT2D eigenvalue weighted by atomic mass is 14.1. The molecule has 0 bridgehead atoms. The lowest BCUT2D eigenvalue weighted by Gasteiger charge is -2.11. The molecule has 5 rings (SSSR count). The molecule has 0 saturated carbocycles. The molecule has 0 aliphatic heterocycles. The summed E-state index contributed by atoms with van der Waals surface area (Å²) in [6.45, 7) is 2.30. The Bertz CT molecular complexity index is 1420. The predicted octanol–water partition coefficient (Wildman–Crippen LogP) is 11.5. The van der Waals surface area contributed by atoms with Crippen molar-refractivity contribution in [2.24, 2.45) is 0 Å². The van der Waals surface area contributed by atoms with Gasteiger partial charge < -0.3 is 0 Å². The molecule has 0 aliphatic rings. The molecule has 5 aromatic carbocycles. The fraction of sp³-hybridized carbons (Fsp3) is 0.389. The molecule has 0 aliphatic carbocycles. The van der Waals surface area contributed by atoms with Crippen LogP contribution in [-0.4, -0.2) is 0 Å². The van der Waals surface area contributed by atoms with E-state index in [1.165, 1.54) is 132 Å². The summed E-state index contributed by atoms with van der Waals surface area (Å²) in [6, 6.07) is 29.7. The van der Waals surface area contributed by atoms with E-state index in [1.54, 1.807) is 0 Å². The summed E-state index contributed by atoms with van der Waals surface area (Å²) in [5.74, 6) is 0. The number of rotatable bonds is 13. The Labute approximate surface area is 217 Å². The summed E-state index contributed by atoms with van der Waals surface area (Å²) in [7, 11) is 0. The van der Waals surface area contributed by atoms with Gasteiger partial charge in [0.05, 0.1) is 0 Å². The van der Waals surface area contributed by atoms with Crippen molar-refractivity contribution in [3.05, 3.63) is 84.4 Å². The Morgan fingerprint density at radius 3 is 1.53 bits per heavy atom. The van der Waals surface area contributed by atoms with E-state index in [4.69, 9.17) is 0 Å². The van der Waals surface area contributed by atoms with Gasteiger partial charge in [0.25, 0.3) is 0 Å². The SMILES string of the molecule is CCCCCCCCCCCCCCc1ccc2c(ccc3c2ccc2c4ccccc4ccc23)c1. The molecule has 186 valence electrons. The smallest absolute Gasteiger partial charge is 0.00987 e. The molecule has 0 unspecified atom stereocenters. The molecule has 0 amide bonds. The summed E-state index contributed by atoms with van der Waals surface area (Å²) in [5, 5.41) is 10.8. The van der Waals surface area contributed by atoms with E-state index in [2.05, 4.69) is 85.8 Å². The van der Waals surface area contributed by atoms with Crippen LogP contribution in [0.15, 0.2) is 78.9 Å². The van der Waals surface area contributed by atoms with Crippen LogP contribution in [0.5, 0.6) is 0 Å². The van der Waals surface area contributed by atoms with Crippen molar-refractivity contribution in [2.45, 2.75) is 90.4 Å². The number of benzene rings is 5. The third kappa shape index (κ3) is 5.75. The van der Waals surface area contributed by atoms with Crippen molar-refractivity contribution in [1.82, 2.24) is 0 Å². The molecule has 0 fully saturated rings. The van der Waals surface area contributed by atoms with Crippen molar-refractivity contribution >= 4 is 43.1 Å². The van der Waals surface area contributed by atoms with Crippen LogP contribution in [0.25, 0.3) is 43.1 Å². The van der Waals surface area contributed by atoms with Gasteiger partial charge >= 0.3 is 0 Å². The van der Waals surface area contributed by atoms with Crippen LogP contribution in [0.2, 0.25) is 0 Å². The normalized spacial score (nSPS) is 11.8. The Balaban J connectivity index is 1.16. The van der Waals surface area contributed by atoms with Crippen molar-refractivity contribution in [2.75, 3.05) is 0 Å². The van der Waals surface area contributed by atoms with Gasteiger partial charge in [-0.25, -0.2) is 0 Å². The second-order valence-electron chi connectivity index (χ2n) is 10.8. The fourth-order valence-corrected chi connectivity index (χ4v) is 6.02.